The number of benzene rings is 1. The van der Waals surface area contributed by atoms with Crippen molar-refractivity contribution < 1.29 is 19.4 Å². The van der Waals surface area contributed by atoms with Crippen LogP contribution in [0.2, 0.25) is 0 Å². The maximum Gasteiger partial charge on any atom is 0.249 e. The zero-order valence-electron chi connectivity index (χ0n) is 12.2. The highest BCUT2D eigenvalue weighted by molar-refractivity contribution is 6.13. The van der Waals surface area contributed by atoms with Crippen LogP contribution in [-0.2, 0) is 9.59 Å². The Bertz CT molecular complexity index is 594. The number of nitrogens with zero attached hydrogens (tertiary/aromatic N) is 2. The van der Waals surface area contributed by atoms with Crippen LogP contribution in [0.5, 0.6) is 5.75 Å². The fraction of sp³-hybridized carbons (Fsp3) is 0.467. The van der Waals surface area contributed by atoms with Gasteiger partial charge in [-0.3, -0.25) is 19.4 Å². The number of ether oxygens (including phenoxy) is 1. The number of hydrogen-bond donors (Lipinski definition) is 1. The van der Waals surface area contributed by atoms with Gasteiger partial charge in [0, 0.05) is 5.56 Å². The molecule has 2 aliphatic rings. The van der Waals surface area contributed by atoms with E-state index in [-0.39, 0.29) is 30.5 Å². The number of hydrogen-bond acceptors (Lipinski definition) is 5. The summed E-state index contributed by atoms with van der Waals surface area (Å²) < 4.78 is 5.33. The van der Waals surface area contributed by atoms with Gasteiger partial charge in [-0.25, -0.2) is 0 Å². The number of aryl methyl sites for hydroxylation is 1. The lowest BCUT2D eigenvalue weighted by atomic mass is 9.99. The number of carbonyl (C=O) groups is 2. The topological polar surface area (TPSA) is 69.9 Å². The molecule has 2 heterocycles. The van der Waals surface area contributed by atoms with E-state index in [2.05, 4.69) is 0 Å². The number of aliphatic hydroxyl groups is 1. The fourth-order valence-corrected chi connectivity index (χ4v) is 3.22. The number of methoxy groups -OCH3 is 1. The largest absolute Gasteiger partial charge is 0.496 e. The van der Waals surface area contributed by atoms with Crippen LogP contribution in [0.15, 0.2) is 18.2 Å². The van der Waals surface area contributed by atoms with Crippen molar-refractivity contribution >= 4 is 11.8 Å². The third kappa shape index (κ3) is 1.86. The Morgan fingerprint density at radius 3 is 2.43 bits per heavy atom. The lowest BCUT2D eigenvalue weighted by molar-refractivity contribution is -0.146. The third-order valence-corrected chi connectivity index (χ3v) is 4.39. The summed E-state index contributed by atoms with van der Waals surface area (Å²) in [5.41, 5.74) is 1.57. The molecule has 2 saturated heterocycles. The average Bonchev–Trinajstić information content (AvgIpc) is 3.06. The van der Waals surface area contributed by atoms with Gasteiger partial charge in [0.2, 0.25) is 11.8 Å². The Morgan fingerprint density at radius 2 is 1.90 bits per heavy atom. The molecule has 6 heteroatoms. The molecular formula is C15H18N2O4. The van der Waals surface area contributed by atoms with Crippen LogP contribution >= 0.6 is 0 Å². The fourth-order valence-electron chi connectivity index (χ4n) is 3.22. The van der Waals surface area contributed by atoms with E-state index < -0.39 is 6.04 Å². The molecule has 0 radical (unpaired) electrons. The van der Waals surface area contributed by atoms with Gasteiger partial charge in [0.25, 0.3) is 0 Å². The molecule has 2 aliphatic heterocycles. The minimum absolute atomic E-state index is 0.239. The lowest BCUT2D eigenvalue weighted by Gasteiger charge is -2.29. The second kappa shape index (κ2) is 4.82. The molecule has 0 bridgehead atoms. The molecule has 1 N–H and O–H groups in total. The third-order valence-electron chi connectivity index (χ3n) is 4.39. The first-order chi connectivity index (χ1) is 10.0. The van der Waals surface area contributed by atoms with Crippen LogP contribution in [0.3, 0.4) is 0 Å². The van der Waals surface area contributed by atoms with Crippen molar-refractivity contribution in [3.8, 4) is 5.75 Å². The van der Waals surface area contributed by atoms with Gasteiger partial charge in [-0.05, 0) is 25.6 Å². The van der Waals surface area contributed by atoms with Gasteiger partial charge < -0.3 is 9.84 Å². The normalized spacial score (nSPS) is 28.6. The van der Waals surface area contributed by atoms with Gasteiger partial charge in [0.05, 0.1) is 19.8 Å². The summed E-state index contributed by atoms with van der Waals surface area (Å²) in [5.74, 6) is 0.0947. The van der Waals surface area contributed by atoms with Gasteiger partial charge in [-0.15, -0.1) is 0 Å². The highest BCUT2D eigenvalue weighted by Gasteiger charge is 2.65. The summed E-state index contributed by atoms with van der Waals surface area (Å²) >= 11 is 0. The van der Waals surface area contributed by atoms with E-state index in [4.69, 9.17) is 4.74 Å². The molecule has 1 aromatic carbocycles. The van der Waals surface area contributed by atoms with Crippen LogP contribution in [0.4, 0.5) is 0 Å². The highest BCUT2D eigenvalue weighted by Crippen LogP contribution is 2.42. The van der Waals surface area contributed by atoms with Crippen molar-refractivity contribution in [2.24, 2.45) is 0 Å². The molecule has 1 aromatic rings. The minimum Gasteiger partial charge on any atom is -0.496 e. The highest BCUT2D eigenvalue weighted by atomic mass is 16.5. The second-order valence-corrected chi connectivity index (χ2v) is 5.49. The first-order valence-corrected chi connectivity index (χ1v) is 6.86. The van der Waals surface area contributed by atoms with Crippen molar-refractivity contribution in [1.82, 2.24) is 9.80 Å². The van der Waals surface area contributed by atoms with E-state index in [9.17, 15) is 14.7 Å². The minimum atomic E-state index is -0.692. The number of aliphatic hydroxyl groups excluding tert-OH is 1. The lowest BCUT2D eigenvalue weighted by Crippen LogP contribution is -2.42. The Morgan fingerprint density at radius 1 is 1.29 bits per heavy atom. The summed E-state index contributed by atoms with van der Waals surface area (Å²) in [6, 6.07) is 4.07. The predicted molar refractivity (Wildman–Crippen MR) is 74.7 cm³/mol. The van der Waals surface area contributed by atoms with Gasteiger partial charge >= 0.3 is 0 Å². The quantitative estimate of drug-likeness (QED) is 0.628. The summed E-state index contributed by atoms with van der Waals surface area (Å²) in [6.07, 6.45) is 0. The van der Waals surface area contributed by atoms with Crippen LogP contribution in [0, 0.1) is 6.92 Å². The van der Waals surface area contributed by atoms with Crippen molar-refractivity contribution in [1.29, 1.82) is 0 Å². The van der Waals surface area contributed by atoms with Crippen molar-refractivity contribution in [2.45, 2.75) is 25.0 Å². The van der Waals surface area contributed by atoms with E-state index in [1.54, 1.807) is 18.0 Å². The molecule has 2 amide bonds. The second-order valence-electron chi connectivity index (χ2n) is 5.49. The summed E-state index contributed by atoms with van der Waals surface area (Å²) in [6.45, 7) is 1.56. The van der Waals surface area contributed by atoms with E-state index in [0.717, 1.165) is 5.56 Å². The first kappa shape index (κ1) is 14.0. The maximum absolute atomic E-state index is 12.4. The number of rotatable bonds is 4. The van der Waals surface area contributed by atoms with E-state index in [1.165, 1.54) is 12.0 Å². The summed E-state index contributed by atoms with van der Waals surface area (Å²) in [5, 5.41) is 9.77. The Labute approximate surface area is 122 Å². The standard InChI is InChI=1S/C15H18N2O4/c1-8-5-4-6-10(21-3)11(8)9(7-18)17-14(19)12-13(15(17)20)16(12)2/h4-6,9,12-13,18H,7H2,1-3H3/t9-,12-,13+,16?/m0/s1. The molecule has 4 atom stereocenters. The Hall–Kier alpha value is -1.92. The molecule has 112 valence electrons. The first-order valence-electron chi connectivity index (χ1n) is 6.86. The maximum atomic E-state index is 12.4. The number of imide groups is 1. The molecule has 21 heavy (non-hydrogen) atoms. The summed E-state index contributed by atoms with van der Waals surface area (Å²) in [7, 11) is 3.29. The SMILES string of the molecule is COc1cccc(C)c1[C@H](CO)N1C(=O)[C@@H]2[C@H](C1=O)N2C. The predicted octanol–water partition coefficient (Wildman–Crippen LogP) is 0.0884. The molecule has 0 saturated carbocycles. The number of carbonyl (C=O) groups excluding carboxylic acids is 2. The van der Waals surface area contributed by atoms with Crippen molar-refractivity contribution in [2.75, 3.05) is 20.8 Å². The van der Waals surface area contributed by atoms with Gasteiger partial charge in [-0.1, -0.05) is 12.1 Å². The number of likely N-dealkylation sites (N-methyl/N-ethyl adjacent to an activating group) is 1. The number of fused-ring (bicyclic) bond motifs is 1. The Kier molecular flexibility index (Phi) is 3.22. The van der Waals surface area contributed by atoms with Crippen LogP contribution in [-0.4, -0.2) is 59.6 Å². The zero-order chi connectivity index (χ0) is 15.3. The number of likely N-dealkylation sites (tertiary alicyclic amines) is 1. The van der Waals surface area contributed by atoms with Crippen molar-refractivity contribution in [3.63, 3.8) is 0 Å². The molecule has 0 aromatic heterocycles. The zero-order valence-corrected chi connectivity index (χ0v) is 12.2. The molecule has 0 spiro atoms. The molecular weight excluding hydrogens is 272 g/mol. The molecule has 0 aliphatic carbocycles. The van der Waals surface area contributed by atoms with Crippen LogP contribution in [0.25, 0.3) is 0 Å². The van der Waals surface area contributed by atoms with Gasteiger partial charge in [0.1, 0.15) is 17.8 Å². The van der Waals surface area contributed by atoms with Crippen molar-refractivity contribution in [3.05, 3.63) is 29.3 Å². The molecule has 1 unspecified atom stereocenters. The smallest absolute Gasteiger partial charge is 0.249 e. The molecule has 2 fully saturated rings. The average molecular weight is 290 g/mol. The number of piperazine rings is 1. The monoisotopic (exact) mass is 290 g/mol. The van der Waals surface area contributed by atoms with Gasteiger partial charge in [-0.2, -0.15) is 0 Å². The summed E-state index contributed by atoms with van der Waals surface area (Å²) in [4.78, 5) is 27.7. The van der Waals surface area contributed by atoms with E-state index in [1.807, 2.05) is 19.1 Å². The molecule has 3 rings (SSSR count). The van der Waals surface area contributed by atoms with Crippen LogP contribution in [0.1, 0.15) is 17.2 Å². The Balaban J connectivity index is 2.01. The van der Waals surface area contributed by atoms with Crippen LogP contribution < -0.4 is 4.74 Å². The van der Waals surface area contributed by atoms with E-state index in [0.29, 0.717) is 11.3 Å². The van der Waals surface area contributed by atoms with Gasteiger partial charge in [0.15, 0.2) is 0 Å². The molecule has 6 nitrogen and oxygen atoms in total. The number of amides is 2. The van der Waals surface area contributed by atoms with E-state index >= 15 is 0 Å².